The summed E-state index contributed by atoms with van der Waals surface area (Å²) in [7, 11) is 0. The van der Waals surface area contributed by atoms with Gasteiger partial charge in [-0.25, -0.2) is 0 Å². The molecule has 0 aliphatic carbocycles. The zero-order valence-electron chi connectivity index (χ0n) is 17.5. The number of hydrogen-bond donors (Lipinski definition) is 2. The van der Waals surface area contributed by atoms with E-state index in [4.69, 9.17) is 23.2 Å². The van der Waals surface area contributed by atoms with E-state index in [0.29, 0.717) is 38.8 Å². The highest BCUT2D eigenvalue weighted by molar-refractivity contribution is 9.11. The largest absolute Gasteiger partial charge is 0.342 e. The van der Waals surface area contributed by atoms with Gasteiger partial charge in [-0.1, -0.05) is 50.9 Å². The lowest BCUT2D eigenvalue weighted by Crippen LogP contribution is -2.28. The van der Waals surface area contributed by atoms with Crippen LogP contribution in [0.15, 0.2) is 50.5 Å². The highest BCUT2D eigenvalue weighted by Gasteiger charge is 2.20. The number of carbonyl (C=O) groups excluding carboxylic acids is 2. The predicted octanol–water partition coefficient (Wildman–Crippen LogP) is 6.35. The van der Waals surface area contributed by atoms with Crippen molar-refractivity contribution in [2.24, 2.45) is 0 Å². The SMILES string of the molecule is CCn1c(SCC(=O)Nc2cc(Br)ccc2Br)nnc1[C@@H](C)NC(=O)c1ccc(Cl)c(Cl)c1. The second-order valence-electron chi connectivity index (χ2n) is 6.87. The lowest BCUT2D eigenvalue weighted by atomic mass is 10.2. The molecule has 0 bridgehead atoms. The van der Waals surface area contributed by atoms with Crippen molar-refractivity contribution >= 4 is 84.3 Å². The van der Waals surface area contributed by atoms with Crippen molar-refractivity contribution in [3.05, 3.63) is 66.8 Å². The first-order chi connectivity index (χ1) is 15.7. The first kappa shape index (κ1) is 26.0. The Labute approximate surface area is 222 Å². The van der Waals surface area contributed by atoms with Gasteiger partial charge in [0, 0.05) is 21.1 Å². The molecule has 33 heavy (non-hydrogen) atoms. The summed E-state index contributed by atoms with van der Waals surface area (Å²) in [5.41, 5.74) is 1.06. The van der Waals surface area contributed by atoms with E-state index >= 15 is 0 Å². The van der Waals surface area contributed by atoms with Crippen molar-refractivity contribution in [1.82, 2.24) is 20.1 Å². The van der Waals surface area contributed by atoms with Crippen LogP contribution in [0.3, 0.4) is 0 Å². The van der Waals surface area contributed by atoms with Crippen molar-refractivity contribution in [2.45, 2.75) is 31.6 Å². The molecule has 2 amide bonds. The van der Waals surface area contributed by atoms with Crippen LogP contribution in [-0.2, 0) is 11.3 Å². The Kier molecular flexibility index (Phi) is 9.23. The van der Waals surface area contributed by atoms with Gasteiger partial charge in [0.05, 0.1) is 27.5 Å². The van der Waals surface area contributed by atoms with E-state index < -0.39 is 6.04 Å². The number of halogens is 4. The maximum atomic E-state index is 12.6. The third-order valence-corrected chi connectivity index (χ3v) is 7.40. The number of thioether (sulfide) groups is 1. The molecule has 3 rings (SSSR count). The van der Waals surface area contributed by atoms with Crippen LogP contribution in [0.4, 0.5) is 5.69 Å². The van der Waals surface area contributed by atoms with Crippen molar-refractivity contribution in [2.75, 3.05) is 11.1 Å². The lowest BCUT2D eigenvalue weighted by Gasteiger charge is -2.15. The van der Waals surface area contributed by atoms with E-state index in [1.54, 1.807) is 12.1 Å². The Balaban J connectivity index is 1.65. The Hall–Kier alpha value is -1.59. The van der Waals surface area contributed by atoms with E-state index in [1.165, 1.54) is 17.8 Å². The molecule has 0 aliphatic rings. The predicted molar refractivity (Wildman–Crippen MR) is 139 cm³/mol. The number of anilines is 1. The topological polar surface area (TPSA) is 88.9 Å². The molecule has 2 N–H and O–H groups in total. The maximum absolute atomic E-state index is 12.6. The fourth-order valence-electron chi connectivity index (χ4n) is 2.92. The molecule has 12 heteroatoms. The molecule has 0 radical (unpaired) electrons. The smallest absolute Gasteiger partial charge is 0.251 e. The molecule has 3 aromatic rings. The number of aromatic nitrogens is 3. The van der Waals surface area contributed by atoms with Gasteiger partial charge in [0.2, 0.25) is 5.91 Å². The van der Waals surface area contributed by atoms with Crippen LogP contribution in [0.5, 0.6) is 0 Å². The lowest BCUT2D eigenvalue weighted by molar-refractivity contribution is -0.113. The number of benzene rings is 2. The van der Waals surface area contributed by atoms with E-state index in [1.807, 2.05) is 36.6 Å². The zero-order chi connectivity index (χ0) is 24.1. The first-order valence-corrected chi connectivity index (χ1v) is 13.1. The number of rotatable bonds is 8. The van der Waals surface area contributed by atoms with Crippen LogP contribution in [0, 0.1) is 0 Å². The fraction of sp³-hybridized carbons (Fsp3) is 0.238. The monoisotopic (exact) mass is 633 g/mol. The first-order valence-electron chi connectivity index (χ1n) is 9.76. The molecular formula is C21H19Br2Cl2N5O2S. The van der Waals surface area contributed by atoms with Gasteiger partial charge < -0.3 is 15.2 Å². The minimum Gasteiger partial charge on any atom is -0.342 e. The molecule has 0 unspecified atom stereocenters. The fourth-order valence-corrected chi connectivity index (χ4v) is 4.73. The summed E-state index contributed by atoms with van der Waals surface area (Å²) >= 11 is 20.0. The van der Waals surface area contributed by atoms with Crippen molar-refractivity contribution in [3.63, 3.8) is 0 Å². The van der Waals surface area contributed by atoms with Gasteiger partial charge in [-0.2, -0.15) is 0 Å². The summed E-state index contributed by atoms with van der Waals surface area (Å²) in [6, 6.07) is 9.81. The van der Waals surface area contributed by atoms with Crippen LogP contribution >= 0.6 is 66.8 Å². The summed E-state index contributed by atoms with van der Waals surface area (Å²) in [6.45, 7) is 4.34. The third kappa shape index (κ3) is 6.73. The highest BCUT2D eigenvalue weighted by Crippen LogP contribution is 2.27. The van der Waals surface area contributed by atoms with E-state index in [0.717, 1.165) is 8.95 Å². The number of amides is 2. The number of nitrogens with one attached hydrogen (secondary N) is 2. The summed E-state index contributed by atoms with van der Waals surface area (Å²) in [5, 5.41) is 15.5. The Morgan fingerprint density at radius 2 is 1.88 bits per heavy atom. The Morgan fingerprint density at radius 1 is 1.12 bits per heavy atom. The molecule has 174 valence electrons. The molecule has 0 spiro atoms. The quantitative estimate of drug-likeness (QED) is 0.282. The molecule has 0 saturated heterocycles. The van der Waals surface area contributed by atoms with Crippen molar-refractivity contribution in [1.29, 1.82) is 0 Å². The molecule has 0 fully saturated rings. The van der Waals surface area contributed by atoms with Gasteiger partial charge in [0.1, 0.15) is 0 Å². The normalized spacial score (nSPS) is 11.8. The average molecular weight is 636 g/mol. The van der Waals surface area contributed by atoms with Gasteiger partial charge in [0.15, 0.2) is 11.0 Å². The minimum atomic E-state index is -0.416. The summed E-state index contributed by atoms with van der Waals surface area (Å²) in [6.07, 6.45) is 0. The van der Waals surface area contributed by atoms with Gasteiger partial charge in [-0.05, 0) is 66.2 Å². The van der Waals surface area contributed by atoms with Crippen LogP contribution < -0.4 is 10.6 Å². The van der Waals surface area contributed by atoms with Gasteiger partial charge >= 0.3 is 0 Å². The average Bonchev–Trinajstić information content (AvgIpc) is 3.19. The van der Waals surface area contributed by atoms with Crippen LogP contribution in [0.25, 0.3) is 0 Å². The highest BCUT2D eigenvalue weighted by atomic mass is 79.9. The molecule has 0 saturated carbocycles. The van der Waals surface area contributed by atoms with E-state index in [2.05, 4.69) is 52.7 Å². The molecule has 2 aromatic carbocycles. The molecule has 7 nitrogen and oxygen atoms in total. The molecule has 0 aliphatic heterocycles. The second-order valence-corrected chi connectivity index (χ2v) is 10.4. The summed E-state index contributed by atoms with van der Waals surface area (Å²) in [4.78, 5) is 25.0. The van der Waals surface area contributed by atoms with Gasteiger partial charge in [-0.3, -0.25) is 9.59 Å². The molecule has 1 atom stereocenters. The van der Waals surface area contributed by atoms with Gasteiger partial charge in [-0.15, -0.1) is 10.2 Å². The van der Waals surface area contributed by atoms with Crippen molar-refractivity contribution < 1.29 is 9.59 Å². The van der Waals surface area contributed by atoms with Crippen LogP contribution in [0.1, 0.15) is 36.1 Å². The summed E-state index contributed by atoms with van der Waals surface area (Å²) < 4.78 is 3.52. The third-order valence-electron chi connectivity index (χ3n) is 4.51. The van der Waals surface area contributed by atoms with E-state index in [-0.39, 0.29) is 17.6 Å². The Morgan fingerprint density at radius 3 is 2.58 bits per heavy atom. The van der Waals surface area contributed by atoms with Crippen LogP contribution in [0.2, 0.25) is 10.0 Å². The standard InChI is InChI=1S/C21H19Br2Cl2N5O2S/c1-3-30-19(11(2)26-20(32)12-4-7-15(24)16(25)8-12)28-29-21(30)33-10-18(31)27-17-9-13(22)5-6-14(17)23/h4-9,11H,3,10H2,1-2H3,(H,26,32)(H,27,31)/t11-/m1/s1. The minimum absolute atomic E-state index is 0.154. The zero-order valence-corrected chi connectivity index (χ0v) is 23.0. The second kappa shape index (κ2) is 11.7. The number of nitrogens with zero attached hydrogens (tertiary/aromatic N) is 3. The molecule has 1 aromatic heterocycles. The molecule has 1 heterocycles. The van der Waals surface area contributed by atoms with E-state index in [9.17, 15) is 9.59 Å². The summed E-state index contributed by atoms with van der Waals surface area (Å²) in [5.74, 6) is 0.261. The van der Waals surface area contributed by atoms with Crippen LogP contribution in [-0.4, -0.2) is 32.3 Å². The molecular weight excluding hydrogens is 617 g/mol. The number of hydrogen-bond acceptors (Lipinski definition) is 5. The number of carbonyl (C=O) groups is 2. The Bertz CT molecular complexity index is 1190. The van der Waals surface area contributed by atoms with Crippen molar-refractivity contribution in [3.8, 4) is 0 Å². The van der Waals surface area contributed by atoms with Gasteiger partial charge in [0.25, 0.3) is 5.91 Å². The maximum Gasteiger partial charge on any atom is 0.251 e.